The molecule has 1 fully saturated rings. The number of fused-ring (bicyclic) bond motifs is 1. The number of carbonyl (C=O) groups excluding carboxylic acids is 1. The van der Waals surface area contributed by atoms with Crippen molar-refractivity contribution in [2.45, 2.75) is 20.3 Å². The first-order valence-electron chi connectivity index (χ1n) is 11.0. The van der Waals surface area contributed by atoms with Gasteiger partial charge in [-0.05, 0) is 49.1 Å². The van der Waals surface area contributed by atoms with Crippen molar-refractivity contribution >= 4 is 23.0 Å². The van der Waals surface area contributed by atoms with E-state index in [9.17, 15) is 4.79 Å². The third kappa shape index (κ3) is 5.08. The van der Waals surface area contributed by atoms with Gasteiger partial charge in [-0.3, -0.25) is 9.69 Å². The van der Waals surface area contributed by atoms with Crippen LogP contribution in [0.3, 0.4) is 0 Å². The van der Waals surface area contributed by atoms with Crippen molar-refractivity contribution < 1.29 is 14.3 Å². The van der Waals surface area contributed by atoms with Crippen LogP contribution in [0.1, 0.15) is 35.5 Å². The van der Waals surface area contributed by atoms with Gasteiger partial charge in [0, 0.05) is 45.5 Å². The molecular weight excluding hydrogens is 406 g/mol. The maximum absolute atomic E-state index is 13.0. The number of ether oxygens (including phenoxy) is 2. The molecule has 0 saturated carbocycles. The zero-order valence-electron chi connectivity index (χ0n) is 19.3. The number of allylic oxidation sites excluding steroid dienone is 2. The van der Waals surface area contributed by atoms with Crippen LogP contribution in [0.25, 0.3) is 5.57 Å². The Morgan fingerprint density at radius 2 is 1.97 bits per heavy atom. The van der Waals surface area contributed by atoms with Crippen molar-refractivity contribution in [3.8, 4) is 6.01 Å². The quantitative estimate of drug-likeness (QED) is 0.713. The first-order chi connectivity index (χ1) is 15.4. The average molecular weight is 438 g/mol. The van der Waals surface area contributed by atoms with Gasteiger partial charge in [-0.2, -0.15) is 9.97 Å². The minimum absolute atomic E-state index is 0.206. The van der Waals surface area contributed by atoms with Crippen molar-refractivity contribution in [3.05, 3.63) is 46.7 Å². The van der Waals surface area contributed by atoms with Crippen LogP contribution >= 0.6 is 0 Å². The molecule has 0 spiro atoms. The minimum Gasteiger partial charge on any atom is -0.462 e. The predicted molar refractivity (Wildman–Crippen MR) is 125 cm³/mol. The van der Waals surface area contributed by atoms with E-state index in [1.807, 2.05) is 31.1 Å². The molecule has 0 bridgehead atoms. The molecule has 2 aliphatic rings. The average Bonchev–Trinajstić information content (AvgIpc) is 3.07. The summed E-state index contributed by atoms with van der Waals surface area (Å²) in [5, 5.41) is 2.98. The number of amides is 1. The third-order valence-electron chi connectivity index (χ3n) is 5.99. The summed E-state index contributed by atoms with van der Waals surface area (Å²) in [6.07, 6.45) is 0.971. The van der Waals surface area contributed by atoms with Gasteiger partial charge in [0.2, 0.25) is 0 Å². The standard InChI is InChI=1S/C24H31N5O3/c1-16-13-18-5-6-19(14-20(18)17(16)2)25-23(30)21-15-22(28(3)4)27-24(26-21)32-12-9-29-7-10-31-11-8-29/h5-6,14-15H,7-13H2,1-4H3,(H,25,30). The van der Waals surface area contributed by atoms with Crippen molar-refractivity contribution in [3.63, 3.8) is 0 Å². The Hall–Kier alpha value is -2.97. The molecule has 0 atom stereocenters. The van der Waals surface area contributed by atoms with Crippen LogP contribution in [0.2, 0.25) is 0 Å². The summed E-state index contributed by atoms with van der Waals surface area (Å²) in [4.78, 5) is 25.9. The molecule has 1 saturated heterocycles. The Balaban J connectivity index is 1.46. The second-order valence-corrected chi connectivity index (χ2v) is 8.50. The lowest BCUT2D eigenvalue weighted by Gasteiger charge is -2.26. The van der Waals surface area contributed by atoms with Gasteiger partial charge in [0.15, 0.2) is 0 Å². The van der Waals surface area contributed by atoms with Gasteiger partial charge >= 0.3 is 6.01 Å². The first-order valence-corrected chi connectivity index (χ1v) is 11.0. The number of rotatable bonds is 7. The van der Waals surface area contributed by atoms with E-state index in [-0.39, 0.29) is 17.6 Å². The molecule has 1 amide bonds. The zero-order valence-corrected chi connectivity index (χ0v) is 19.3. The number of benzene rings is 1. The van der Waals surface area contributed by atoms with Crippen LogP contribution in [-0.2, 0) is 11.2 Å². The van der Waals surface area contributed by atoms with Crippen LogP contribution in [0.5, 0.6) is 6.01 Å². The number of carbonyl (C=O) groups is 1. The minimum atomic E-state index is -0.287. The van der Waals surface area contributed by atoms with Crippen LogP contribution in [0.15, 0.2) is 29.8 Å². The Morgan fingerprint density at radius 3 is 2.72 bits per heavy atom. The molecule has 1 aromatic heterocycles. The fourth-order valence-electron chi connectivity index (χ4n) is 3.91. The molecular formula is C24H31N5O3. The Morgan fingerprint density at radius 1 is 1.19 bits per heavy atom. The smallest absolute Gasteiger partial charge is 0.319 e. The summed E-state index contributed by atoms with van der Waals surface area (Å²) >= 11 is 0. The summed E-state index contributed by atoms with van der Waals surface area (Å²) < 4.78 is 11.2. The lowest BCUT2D eigenvalue weighted by molar-refractivity contribution is 0.0317. The van der Waals surface area contributed by atoms with Gasteiger partial charge in [-0.25, -0.2) is 0 Å². The van der Waals surface area contributed by atoms with Crippen LogP contribution < -0.4 is 15.0 Å². The fourth-order valence-corrected chi connectivity index (χ4v) is 3.91. The summed E-state index contributed by atoms with van der Waals surface area (Å²) in [5.74, 6) is 0.333. The largest absolute Gasteiger partial charge is 0.462 e. The summed E-state index contributed by atoms with van der Waals surface area (Å²) in [6, 6.07) is 7.94. The van der Waals surface area contributed by atoms with Gasteiger partial charge < -0.3 is 19.7 Å². The summed E-state index contributed by atoms with van der Waals surface area (Å²) in [6.45, 7) is 8.77. The van der Waals surface area contributed by atoms with E-state index in [2.05, 4.69) is 40.1 Å². The van der Waals surface area contributed by atoms with Crippen LogP contribution in [0.4, 0.5) is 11.5 Å². The molecule has 2 heterocycles. The van der Waals surface area contributed by atoms with Crippen molar-refractivity contribution in [1.29, 1.82) is 0 Å². The second kappa shape index (κ2) is 9.67. The second-order valence-electron chi connectivity index (χ2n) is 8.50. The van der Waals surface area contributed by atoms with Gasteiger partial charge in [0.05, 0.1) is 13.2 Å². The number of morpholine rings is 1. The van der Waals surface area contributed by atoms with Crippen LogP contribution in [-0.4, -0.2) is 74.3 Å². The molecule has 1 aliphatic heterocycles. The van der Waals surface area contributed by atoms with Crippen molar-refractivity contribution in [2.24, 2.45) is 0 Å². The SMILES string of the molecule is CC1=C(C)c2cc(NC(=O)c3cc(N(C)C)nc(OCCN4CCOCC4)n3)ccc2C1. The lowest BCUT2D eigenvalue weighted by Crippen LogP contribution is -2.38. The molecule has 4 rings (SSSR count). The lowest BCUT2D eigenvalue weighted by atomic mass is 10.1. The number of nitrogens with zero attached hydrogens (tertiary/aromatic N) is 4. The highest BCUT2D eigenvalue weighted by molar-refractivity contribution is 6.03. The number of nitrogens with one attached hydrogen (secondary N) is 1. The molecule has 1 aliphatic carbocycles. The maximum atomic E-state index is 13.0. The van der Waals surface area contributed by atoms with E-state index in [0.717, 1.165) is 45.0 Å². The monoisotopic (exact) mass is 437 g/mol. The molecule has 0 unspecified atom stereocenters. The van der Waals surface area contributed by atoms with E-state index in [4.69, 9.17) is 9.47 Å². The van der Waals surface area contributed by atoms with Crippen molar-refractivity contribution in [1.82, 2.24) is 14.9 Å². The topological polar surface area (TPSA) is 79.8 Å². The molecule has 8 nitrogen and oxygen atoms in total. The highest BCUT2D eigenvalue weighted by Gasteiger charge is 2.18. The van der Waals surface area contributed by atoms with E-state index in [1.165, 1.54) is 22.3 Å². The maximum Gasteiger partial charge on any atom is 0.319 e. The van der Waals surface area contributed by atoms with Gasteiger partial charge in [-0.1, -0.05) is 11.6 Å². The van der Waals surface area contributed by atoms with E-state index < -0.39 is 0 Å². The molecule has 2 aromatic rings. The molecule has 170 valence electrons. The highest BCUT2D eigenvalue weighted by atomic mass is 16.5. The Kier molecular flexibility index (Phi) is 6.72. The Labute approximate surface area is 189 Å². The Bertz CT molecular complexity index is 1030. The van der Waals surface area contributed by atoms with E-state index >= 15 is 0 Å². The summed E-state index contributed by atoms with van der Waals surface area (Å²) in [7, 11) is 3.75. The van der Waals surface area contributed by atoms with Gasteiger partial charge in [0.25, 0.3) is 5.91 Å². The zero-order chi connectivity index (χ0) is 22.7. The van der Waals surface area contributed by atoms with Crippen LogP contribution in [0, 0.1) is 0 Å². The first kappa shape index (κ1) is 22.2. The van der Waals surface area contributed by atoms with Crippen molar-refractivity contribution in [2.75, 3.05) is 63.8 Å². The molecule has 32 heavy (non-hydrogen) atoms. The van der Waals surface area contributed by atoms with Gasteiger partial charge in [-0.15, -0.1) is 0 Å². The van der Waals surface area contributed by atoms with Gasteiger partial charge in [0.1, 0.15) is 18.1 Å². The fraction of sp³-hybridized carbons (Fsp3) is 0.458. The van der Waals surface area contributed by atoms with E-state index in [0.29, 0.717) is 12.4 Å². The third-order valence-corrected chi connectivity index (χ3v) is 5.99. The molecule has 1 aromatic carbocycles. The molecule has 0 radical (unpaired) electrons. The highest BCUT2D eigenvalue weighted by Crippen LogP contribution is 2.34. The number of aromatic nitrogens is 2. The normalized spacial score (nSPS) is 16.1. The molecule has 8 heteroatoms. The number of hydrogen-bond acceptors (Lipinski definition) is 7. The number of anilines is 2. The number of hydrogen-bond donors (Lipinski definition) is 1. The predicted octanol–water partition coefficient (Wildman–Crippen LogP) is 2.86. The van der Waals surface area contributed by atoms with E-state index in [1.54, 1.807) is 6.07 Å². The summed E-state index contributed by atoms with van der Waals surface area (Å²) in [5.41, 5.74) is 6.17. The molecule has 1 N–H and O–H groups in total.